The summed E-state index contributed by atoms with van der Waals surface area (Å²) < 4.78 is 0. The van der Waals surface area contributed by atoms with E-state index in [1.165, 1.54) is 0 Å². The van der Waals surface area contributed by atoms with Crippen molar-refractivity contribution in [2.45, 2.75) is 39.5 Å². The van der Waals surface area contributed by atoms with Gasteiger partial charge in [-0.25, -0.2) is 0 Å². The highest BCUT2D eigenvalue weighted by molar-refractivity contribution is 5.76. The van der Waals surface area contributed by atoms with Crippen molar-refractivity contribution in [1.82, 2.24) is 0 Å². The lowest BCUT2D eigenvalue weighted by molar-refractivity contribution is -0.117. The van der Waals surface area contributed by atoms with Crippen molar-refractivity contribution in [2.24, 2.45) is 0 Å². The van der Waals surface area contributed by atoms with E-state index >= 15 is 0 Å². The molecule has 0 aromatic heterocycles. The van der Waals surface area contributed by atoms with Crippen LogP contribution in [0.25, 0.3) is 0 Å². The van der Waals surface area contributed by atoms with Crippen molar-refractivity contribution < 1.29 is 9.59 Å². The van der Waals surface area contributed by atoms with Crippen LogP contribution in [0.5, 0.6) is 0 Å². The third-order valence-electron chi connectivity index (χ3n) is 2.06. The summed E-state index contributed by atoms with van der Waals surface area (Å²) >= 11 is 0. The maximum Gasteiger partial charge on any atom is 0.130 e. The van der Waals surface area contributed by atoms with Crippen molar-refractivity contribution >= 4 is 11.6 Å². The molecule has 0 rings (SSSR count). The van der Waals surface area contributed by atoms with Crippen LogP contribution >= 0.6 is 0 Å². The molecular weight excluding hydrogens is 176 g/mol. The van der Waals surface area contributed by atoms with E-state index in [1.807, 2.05) is 0 Å². The molecule has 0 saturated heterocycles. The van der Waals surface area contributed by atoms with Crippen LogP contribution in [0.1, 0.15) is 39.5 Å². The van der Waals surface area contributed by atoms with Crippen LogP contribution in [0.4, 0.5) is 0 Å². The Kier molecular flexibility index (Phi) is 5.77. The van der Waals surface area contributed by atoms with E-state index in [0.717, 1.165) is 11.1 Å². The Morgan fingerprint density at radius 1 is 0.786 bits per heavy atom. The highest BCUT2D eigenvalue weighted by atomic mass is 16.1. The fourth-order valence-corrected chi connectivity index (χ4v) is 1.01. The molecule has 0 N–H and O–H groups in total. The summed E-state index contributed by atoms with van der Waals surface area (Å²) in [5, 5.41) is 0. The fourth-order valence-electron chi connectivity index (χ4n) is 1.01. The van der Waals surface area contributed by atoms with Gasteiger partial charge in [-0.2, -0.15) is 0 Å². The molecule has 0 heterocycles. The molecule has 0 atom stereocenters. The van der Waals surface area contributed by atoms with E-state index < -0.39 is 0 Å². The number of hydrogen-bond acceptors (Lipinski definition) is 2. The van der Waals surface area contributed by atoms with Gasteiger partial charge >= 0.3 is 0 Å². The van der Waals surface area contributed by atoms with Crippen molar-refractivity contribution in [3.63, 3.8) is 0 Å². The Morgan fingerprint density at radius 3 is 1.29 bits per heavy atom. The minimum Gasteiger partial charge on any atom is -0.300 e. The monoisotopic (exact) mass is 194 g/mol. The van der Waals surface area contributed by atoms with Crippen LogP contribution in [-0.4, -0.2) is 11.6 Å². The molecule has 0 bridgehead atoms. The molecule has 0 aliphatic carbocycles. The van der Waals surface area contributed by atoms with Gasteiger partial charge in [-0.05, 0) is 26.7 Å². The average molecular weight is 194 g/mol. The molecule has 14 heavy (non-hydrogen) atoms. The van der Waals surface area contributed by atoms with Crippen LogP contribution in [0.2, 0.25) is 0 Å². The predicted molar refractivity (Wildman–Crippen MR) is 58.1 cm³/mol. The van der Waals surface area contributed by atoms with Crippen molar-refractivity contribution in [3.05, 3.63) is 24.3 Å². The normalized spacial score (nSPS) is 9.57. The summed E-state index contributed by atoms with van der Waals surface area (Å²) in [6.45, 7) is 10.8. The molecule has 0 aromatic carbocycles. The summed E-state index contributed by atoms with van der Waals surface area (Å²) in [5.41, 5.74) is 1.78. The van der Waals surface area contributed by atoms with Crippen LogP contribution in [-0.2, 0) is 9.59 Å². The molecule has 0 amide bonds. The van der Waals surface area contributed by atoms with Crippen molar-refractivity contribution in [2.75, 3.05) is 0 Å². The first-order chi connectivity index (χ1) is 6.43. The second kappa shape index (κ2) is 6.30. The van der Waals surface area contributed by atoms with Gasteiger partial charge in [-0.15, -0.1) is 0 Å². The van der Waals surface area contributed by atoms with Gasteiger partial charge in [0.25, 0.3) is 0 Å². The maximum absolute atomic E-state index is 10.7. The van der Waals surface area contributed by atoms with E-state index in [2.05, 4.69) is 13.2 Å². The zero-order chi connectivity index (χ0) is 11.1. The first-order valence-electron chi connectivity index (χ1n) is 4.78. The Hall–Kier alpha value is -1.18. The molecular formula is C12H18O2. The minimum absolute atomic E-state index is 0.158. The average Bonchev–Trinajstić information content (AvgIpc) is 2.09. The molecule has 0 aliphatic rings. The number of allylic oxidation sites excluding steroid dienone is 2. The first-order valence-corrected chi connectivity index (χ1v) is 4.78. The Labute approximate surface area is 85.7 Å². The minimum atomic E-state index is 0.158. The Balaban J connectivity index is 3.82. The third-order valence-corrected chi connectivity index (χ3v) is 2.06. The SMILES string of the molecule is C=C(CCC(C)=O)C(=C)CCC(C)=O. The first kappa shape index (κ1) is 12.8. The molecule has 0 aliphatic heterocycles. The standard InChI is InChI=1S/C12H18O2/c1-9(5-7-11(3)13)10(2)6-8-12(4)14/h1-2,5-8H2,3-4H3. The van der Waals surface area contributed by atoms with E-state index in [9.17, 15) is 9.59 Å². The maximum atomic E-state index is 10.7. The van der Waals surface area contributed by atoms with Crippen molar-refractivity contribution in [1.29, 1.82) is 0 Å². The summed E-state index contributed by atoms with van der Waals surface area (Å²) in [7, 11) is 0. The van der Waals surface area contributed by atoms with E-state index in [4.69, 9.17) is 0 Å². The zero-order valence-corrected chi connectivity index (χ0v) is 9.06. The molecule has 0 aromatic rings. The lowest BCUT2D eigenvalue weighted by Crippen LogP contribution is -1.96. The predicted octanol–water partition coefficient (Wildman–Crippen LogP) is 2.84. The number of Topliss-reactive ketones (excluding diaryl/α,β-unsaturated/α-hetero) is 2. The molecule has 2 heteroatoms. The smallest absolute Gasteiger partial charge is 0.130 e. The summed E-state index contributed by atoms with van der Waals surface area (Å²) in [5.74, 6) is 0.316. The van der Waals surface area contributed by atoms with E-state index in [1.54, 1.807) is 13.8 Å². The summed E-state index contributed by atoms with van der Waals surface area (Å²) in [6.07, 6.45) is 2.34. The number of carbonyl (C=O) groups is 2. The van der Waals surface area contributed by atoms with Crippen LogP contribution in [0.3, 0.4) is 0 Å². The number of carbonyl (C=O) groups excluding carboxylic acids is 2. The zero-order valence-electron chi connectivity index (χ0n) is 9.06. The molecule has 0 saturated carbocycles. The van der Waals surface area contributed by atoms with Gasteiger partial charge in [-0.3, -0.25) is 0 Å². The van der Waals surface area contributed by atoms with Crippen LogP contribution in [0.15, 0.2) is 24.3 Å². The second-order valence-electron chi connectivity index (χ2n) is 3.61. The Morgan fingerprint density at radius 2 is 1.07 bits per heavy atom. The van der Waals surface area contributed by atoms with Gasteiger partial charge in [0, 0.05) is 12.8 Å². The molecule has 0 spiro atoms. The van der Waals surface area contributed by atoms with Gasteiger partial charge in [-0.1, -0.05) is 24.3 Å². The molecule has 78 valence electrons. The molecule has 0 unspecified atom stereocenters. The second-order valence-corrected chi connectivity index (χ2v) is 3.61. The number of hydrogen-bond donors (Lipinski definition) is 0. The summed E-state index contributed by atoms with van der Waals surface area (Å²) in [4.78, 5) is 21.4. The highest BCUT2D eigenvalue weighted by Gasteiger charge is 2.03. The van der Waals surface area contributed by atoms with Gasteiger partial charge in [0.1, 0.15) is 11.6 Å². The van der Waals surface area contributed by atoms with Gasteiger partial charge in [0.05, 0.1) is 0 Å². The Bertz CT molecular complexity index is 233. The largest absolute Gasteiger partial charge is 0.300 e. The molecule has 2 nitrogen and oxygen atoms in total. The van der Waals surface area contributed by atoms with Gasteiger partial charge in [0.15, 0.2) is 0 Å². The third kappa shape index (κ3) is 6.35. The fraction of sp³-hybridized carbons (Fsp3) is 0.500. The quantitative estimate of drug-likeness (QED) is 0.584. The van der Waals surface area contributed by atoms with E-state index in [-0.39, 0.29) is 11.6 Å². The topological polar surface area (TPSA) is 34.1 Å². The number of ketones is 2. The van der Waals surface area contributed by atoms with E-state index in [0.29, 0.717) is 25.7 Å². The van der Waals surface area contributed by atoms with Gasteiger partial charge in [0.2, 0.25) is 0 Å². The summed E-state index contributed by atoms with van der Waals surface area (Å²) in [6, 6.07) is 0. The molecule has 0 radical (unpaired) electrons. The lowest BCUT2D eigenvalue weighted by atomic mass is 9.98. The van der Waals surface area contributed by atoms with Crippen molar-refractivity contribution in [3.8, 4) is 0 Å². The van der Waals surface area contributed by atoms with Crippen LogP contribution in [0, 0.1) is 0 Å². The number of rotatable bonds is 7. The van der Waals surface area contributed by atoms with Crippen LogP contribution < -0.4 is 0 Å². The van der Waals surface area contributed by atoms with Gasteiger partial charge < -0.3 is 9.59 Å². The lowest BCUT2D eigenvalue weighted by Gasteiger charge is -2.06. The highest BCUT2D eigenvalue weighted by Crippen LogP contribution is 2.17. The molecule has 0 fully saturated rings.